The van der Waals surface area contributed by atoms with Gasteiger partial charge in [-0.3, -0.25) is 4.98 Å². The number of benzene rings is 1. The number of rotatable bonds is 3. The van der Waals surface area contributed by atoms with Crippen molar-refractivity contribution in [3.05, 3.63) is 47.9 Å². The molecule has 0 amide bonds. The topological polar surface area (TPSA) is 25.8 Å². The smallest absolute Gasteiger partial charge is 0.261 e. The van der Waals surface area contributed by atoms with Crippen molar-refractivity contribution in [3.8, 4) is 11.3 Å². The maximum Gasteiger partial charge on any atom is 0.398 e. The van der Waals surface area contributed by atoms with E-state index < -0.39 is 11.6 Å². The number of hydrogen-bond acceptors (Lipinski definition) is 2. The highest BCUT2D eigenvalue weighted by atomic mass is 19.4. The molecule has 0 unspecified atom stereocenters. The molecule has 0 bridgehead atoms. The fourth-order valence-corrected chi connectivity index (χ4v) is 2.62. The predicted molar refractivity (Wildman–Crippen MR) is 78.5 cm³/mol. The summed E-state index contributed by atoms with van der Waals surface area (Å²) < 4.78 is 39.4. The minimum atomic E-state index is -4.17. The van der Waals surface area contributed by atoms with Crippen LogP contribution in [0.2, 0.25) is 0 Å². The summed E-state index contributed by atoms with van der Waals surface area (Å²) >= 11 is 0. The number of alkyl halides is 3. The lowest BCUT2D eigenvalue weighted by molar-refractivity contribution is -0.160. The summed E-state index contributed by atoms with van der Waals surface area (Å²) in [7, 11) is 0. The molecule has 1 aromatic carbocycles. The molecule has 0 N–H and O–H groups in total. The summed E-state index contributed by atoms with van der Waals surface area (Å²) in [6.07, 6.45) is -0.466. The highest BCUT2D eigenvalue weighted by Crippen LogP contribution is 2.58. The lowest BCUT2D eigenvalue weighted by atomic mass is 9.94. The van der Waals surface area contributed by atoms with E-state index in [4.69, 9.17) is 0 Å². The summed E-state index contributed by atoms with van der Waals surface area (Å²) in [6.45, 7) is 4.05. The largest absolute Gasteiger partial charge is 0.398 e. The summed E-state index contributed by atoms with van der Waals surface area (Å²) in [4.78, 5) is 8.68. The van der Waals surface area contributed by atoms with E-state index in [1.165, 1.54) is 0 Å². The fraction of sp³-hybridized carbons (Fsp3) is 0.412. The molecule has 1 saturated carbocycles. The summed E-state index contributed by atoms with van der Waals surface area (Å²) in [6, 6.07) is 6.55. The highest BCUT2D eigenvalue weighted by Gasteiger charge is 2.64. The quantitative estimate of drug-likeness (QED) is 0.809. The van der Waals surface area contributed by atoms with E-state index in [-0.39, 0.29) is 18.8 Å². The Morgan fingerprint density at radius 3 is 2.18 bits per heavy atom. The molecular weight excluding hydrogens is 289 g/mol. The van der Waals surface area contributed by atoms with Crippen molar-refractivity contribution >= 4 is 0 Å². The zero-order valence-corrected chi connectivity index (χ0v) is 12.5. The average Bonchev–Trinajstić information content (AvgIpc) is 3.29. The Hall–Kier alpha value is -1.91. The van der Waals surface area contributed by atoms with Crippen molar-refractivity contribution in [2.24, 2.45) is 0 Å². The van der Waals surface area contributed by atoms with Crippen LogP contribution in [0.25, 0.3) is 11.3 Å². The lowest BCUT2D eigenvalue weighted by Gasteiger charge is -2.19. The fourth-order valence-electron chi connectivity index (χ4n) is 2.62. The van der Waals surface area contributed by atoms with Gasteiger partial charge < -0.3 is 0 Å². The molecule has 2 nitrogen and oxygen atoms in total. The van der Waals surface area contributed by atoms with Crippen LogP contribution in [0.3, 0.4) is 0 Å². The first-order valence-electron chi connectivity index (χ1n) is 7.33. The Balaban J connectivity index is 1.91. The molecule has 1 aromatic heterocycles. The van der Waals surface area contributed by atoms with Crippen molar-refractivity contribution < 1.29 is 13.2 Å². The maximum atomic E-state index is 13.1. The number of nitrogens with zero attached hydrogens (tertiary/aromatic N) is 2. The van der Waals surface area contributed by atoms with Crippen LogP contribution in [0.4, 0.5) is 13.2 Å². The molecule has 1 aliphatic carbocycles. The van der Waals surface area contributed by atoms with Gasteiger partial charge in [0.2, 0.25) is 0 Å². The van der Waals surface area contributed by atoms with Gasteiger partial charge in [0.05, 0.1) is 23.0 Å². The van der Waals surface area contributed by atoms with E-state index in [1.807, 2.05) is 13.8 Å². The van der Waals surface area contributed by atoms with E-state index in [0.29, 0.717) is 11.3 Å². The van der Waals surface area contributed by atoms with E-state index in [2.05, 4.69) is 9.97 Å². The minimum Gasteiger partial charge on any atom is -0.261 e. The van der Waals surface area contributed by atoms with Crippen molar-refractivity contribution in [2.45, 2.75) is 44.2 Å². The molecule has 0 atom stereocenters. The van der Waals surface area contributed by atoms with E-state index in [1.54, 1.807) is 36.7 Å². The van der Waals surface area contributed by atoms with Crippen molar-refractivity contribution in [1.29, 1.82) is 0 Å². The van der Waals surface area contributed by atoms with E-state index in [0.717, 1.165) is 11.3 Å². The molecule has 1 aliphatic rings. The van der Waals surface area contributed by atoms with Crippen LogP contribution in [-0.2, 0) is 5.41 Å². The second-order valence-electron chi connectivity index (χ2n) is 6.14. The second-order valence-corrected chi connectivity index (χ2v) is 6.14. The van der Waals surface area contributed by atoms with Crippen molar-refractivity contribution in [1.82, 2.24) is 9.97 Å². The Kier molecular flexibility index (Phi) is 3.46. The molecule has 22 heavy (non-hydrogen) atoms. The lowest BCUT2D eigenvalue weighted by Crippen LogP contribution is -2.28. The molecule has 0 radical (unpaired) electrons. The number of halogens is 3. The van der Waals surface area contributed by atoms with Gasteiger partial charge in [0.25, 0.3) is 0 Å². The predicted octanol–water partition coefficient (Wildman–Crippen LogP) is 4.86. The maximum absolute atomic E-state index is 13.1. The Labute approximate surface area is 127 Å². The molecule has 1 fully saturated rings. The molecule has 0 aliphatic heterocycles. The summed E-state index contributed by atoms with van der Waals surface area (Å²) in [5.41, 5.74) is 1.07. The summed E-state index contributed by atoms with van der Waals surface area (Å²) in [5.74, 6) is 0.256. The van der Waals surface area contributed by atoms with Gasteiger partial charge in [0, 0.05) is 11.8 Å². The molecule has 116 valence electrons. The monoisotopic (exact) mass is 306 g/mol. The molecule has 0 spiro atoms. The normalized spacial score (nSPS) is 16.8. The molecule has 0 saturated heterocycles. The Morgan fingerprint density at radius 1 is 1.05 bits per heavy atom. The SMILES string of the molecule is CC(C)c1cncc(-c2ccc(C3(C(F)(F)F)CC3)cc2)n1. The van der Waals surface area contributed by atoms with Crippen LogP contribution in [0.5, 0.6) is 0 Å². The van der Waals surface area contributed by atoms with Crippen LogP contribution in [0, 0.1) is 0 Å². The first kappa shape index (κ1) is 15.0. The van der Waals surface area contributed by atoms with Gasteiger partial charge in [0.1, 0.15) is 0 Å². The first-order chi connectivity index (χ1) is 10.3. The second kappa shape index (κ2) is 5.07. The van der Waals surface area contributed by atoms with Gasteiger partial charge in [-0.25, -0.2) is 4.98 Å². The molecule has 1 heterocycles. The van der Waals surface area contributed by atoms with Gasteiger partial charge in [-0.1, -0.05) is 38.1 Å². The van der Waals surface area contributed by atoms with Crippen LogP contribution < -0.4 is 0 Å². The van der Waals surface area contributed by atoms with Gasteiger partial charge >= 0.3 is 6.18 Å². The van der Waals surface area contributed by atoms with Gasteiger partial charge in [-0.05, 0) is 24.3 Å². The van der Waals surface area contributed by atoms with Gasteiger partial charge in [-0.15, -0.1) is 0 Å². The number of aromatic nitrogens is 2. The first-order valence-corrected chi connectivity index (χ1v) is 7.33. The molecular formula is C17H17F3N2. The number of hydrogen-bond donors (Lipinski definition) is 0. The minimum absolute atomic E-state index is 0.179. The standard InChI is InChI=1S/C17H17F3N2/c1-11(2)14-9-21-10-15(22-14)12-3-5-13(6-4-12)16(7-8-16)17(18,19)20/h3-6,9-11H,7-8H2,1-2H3. The summed E-state index contributed by atoms with van der Waals surface area (Å²) in [5, 5.41) is 0. The molecule has 3 rings (SSSR count). The van der Waals surface area contributed by atoms with Crippen LogP contribution in [0.1, 0.15) is 43.9 Å². The third-order valence-corrected chi connectivity index (χ3v) is 4.27. The van der Waals surface area contributed by atoms with Crippen molar-refractivity contribution in [3.63, 3.8) is 0 Å². The van der Waals surface area contributed by atoms with Crippen LogP contribution in [-0.4, -0.2) is 16.1 Å². The van der Waals surface area contributed by atoms with E-state index in [9.17, 15) is 13.2 Å². The third kappa shape index (κ3) is 2.49. The third-order valence-electron chi connectivity index (χ3n) is 4.27. The Bertz CT molecular complexity index is 671. The molecule has 5 heteroatoms. The van der Waals surface area contributed by atoms with Crippen molar-refractivity contribution in [2.75, 3.05) is 0 Å². The zero-order chi connectivity index (χ0) is 16.0. The average molecular weight is 306 g/mol. The molecule has 2 aromatic rings. The van der Waals surface area contributed by atoms with Crippen LogP contribution in [0.15, 0.2) is 36.7 Å². The van der Waals surface area contributed by atoms with Gasteiger partial charge in [-0.2, -0.15) is 13.2 Å². The van der Waals surface area contributed by atoms with E-state index >= 15 is 0 Å². The zero-order valence-electron chi connectivity index (χ0n) is 12.5. The Morgan fingerprint density at radius 2 is 1.68 bits per heavy atom. The highest BCUT2D eigenvalue weighted by molar-refractivity contribution is 5.59. The van der Waals surface area contributed by atoms with Gasteiger partial charge in [0.15, 0.2) is 0 Å². The van der Waals surface area contributed by atoms with Crippen LogP contribution >= 0.6 is 0 Å².